The van der Waals surface area contributed by atoms with E-state index < -0.39 is 0 Å². The van der Waals surface area contributed by atoms with E-state index in [9.17, 15) is 4.79 Å². The molecule has 0 aliphatic rings. The van der Waals surface area contributed by atoms with E-state index in [-0.39, 0.29) is 10.6 Å². The van der Waals surface area contributed by atoms with Gasteiger partial charge in [0.05, 0.1) is 4.83 Å². The Kier molecular flexibility index (Phi) is 4.14. The van der Waals surface area contributed by atoms with Crippen LogP contribution < -0.4 is 0 Å². The van der Waals surface area contributed by atoms with Crippen LogP contribution in [-0.4, -0.2) is 15.2 Å². The van der Waals surface area contributed by atoms with Gasteiger partial charge in [0.15, 0.2) is 5.78 Å². The standard InChI is InChI=1S/C12H18BrNO/c1-5-6-14-8(2)7-11(10(14)4)12(15)9(3)13/h7,9H,5-6H2,1-4H3. The van der Waals surface area contributed by atoms with Crippen molar-refractivity contribution in [3.63, 3.8) is 0 Å². The fourth-order valence-corrected chi connectivity index (χ4v) is 2.08. The molecule has 0 aliphatic carbocycles. The van der Waals surface area contributed by atoms with Crippen molar-refractivity contribution in [2.45, 2.75) is 45.5 Å². The van der Waals surface area contributed by atoms with Crippen LogP contribution in [0, 0.1) is 13.8 Å². The van der Waals surface area contributed by atoms with Gasteiger partial charge in [0.1, 0.15) is 0 Å². The lowest BCUT2D eigenvalue weighted by molar-refractivity contribution is 0.0995. The molecule has 0 N–H and O–H groups in total. The molecule has 0 saturated heterocycles. The number of hydrogen-bond acceptors (Lipinski definition) is 1. The highest BCUT2D eigenvalue weighted by Crippen LogP contribution is 2.19. The highest BCUT2D eigenvalue weighted by molar-refractivity contribution is 9.10. The monoisotopic (exact) mass is 271 g/mol. The number of aromatic nitrogens is 1. The number of carbonyl (C=O) groups is 1. The summed E-state index contributed by atoms with van der Waals surface area (Å²) in [6, 6.07) is 1.99. The van der Waals surface area contributed by atoms with E-state index in [0.29, 0.717) is 0 Å². The topological polar surface area (TPSA) is 22.0 Å². The van der Waals surface area contributed by atoms with Crippen molar-refractivity contribution in [1.82, 2.24) is 4.57 Å². The molecule has 1 rings (SSSR count). The fourth-order valence-electron chi connectivity index (χ4n) is 1.83. The molecule has 15 heavy (non-hydrogen) atoms. The summed E-state index contributed by atoms with van der Waals surface area (Å²) in [7, 11) is 0. The van der Waals surface area contributed by atoms with Gasteiger partial charge in [-0.05, 0) is 33.3 Å². The molecule has 0 bridgehead atoms. The molecule has 1 aromatic rings. The van der Waals surface area contributed by atoms with Gasteiger partial charge < -0.3 is 4.57 Å². The number of ketones is 1. The molecule has 84 valence electrons. The first-order valence-electron chi connectivity index (χ1n) is 5.34. The summed E-state index contributed by atoms with van der Waals surface area (Å²) in [6.45, 7) is 9.08. The largest absolute Gasteiger partial charge is 0.348 e. The molecule has 2 nitrogen and oxygen atoms in total. The molecule has 0 aliphatic heterocycles. The van der Waals surface area contributed by atoms with Gasteiger partial charge in [0, 0.05) is 23.5 Å². The van der Waals surface area contributed by atoms with Crippen LogP contribution in [0.3, 0.4) is 0 Å². The lowest BCUT2D eigenvalue weighted by Gasteiger charge is -2.08. The molecule has 0 radical (unpaired) electrons. The summed E-state index contributed by atoms with van der Waals surface area (Å²) in [4.78, 5) is 11.8. The minimum absolute atomic E-state index is 0.104. The van der Waals surface area contributed by atoms with Gasteiger partial charge in [0.2, 0.25) is 0 Å². The number of Topliss-reactive ketones (excluding diaryl/α,β-unsaturated/α-hetero) is 1. The van der Waals surface area contributed by atoms with Crippen molar-refractivity contribution in [2.75, 3.05) is 0 Å². The van der Waals surface area contributed by atoms with Crippen LogP contribution in [0.15, 0.2) is 6.07 Å². The molecular weight excluding hydrogens is 254 g/mol. The van der Waals surface area contributed by atoms with Crippen molar-refractivity contribution < 1.29 is 4.79 Å². The Hall–Kier alpha value is -0.570. The normalized spacial score (nSPS) is 12.9. The number of nitrogens with zero attached hydrogens (tertiary/aromatic N) is 1. The minimum atomic E-state index is -0.104. The zero-order valence-electron chi connectivity index (χ0n) is 9.80. The zero-order valence-corrected chi connectivity index (χ0v) is 11.4. The summed E-state index contributed by atoms with van der Waals surface area (Å²) in [5, 5.41) is 0. The lowest BCUT2D eigenvalue weighted by Crippen LogP contribution is -2.11. The van der Waals surface area contributed by atoms with Gasteiger partial charge in [-0.1, -0.05) is 22.9 Å². The highest BCUT2D eigenvalue weighted by Gasteiger charge is 2.18. The number of rotatable bonds is 4. The van der Waals surface area contributed by atoms with Gasteiger partial charge in [-0.3, -0.25) is 4.79 Å². The predicted molar refractivity (Wildman–Crippen MR) is 66.9 cm³/mol. The number of carbonyl (C=O) groups excluding carboxylic acids is 1. The molecule has 0 saturated carbocycles. The van der Waals surface area contributed by atoms with Crippen molar-refractivity contribution in [3.8, 4) is 0 Å². The summed E-state index contributed by atoms with van der Waals surface area (Å²) in [6.07, 6.45) is 1.09. The van der Waals surface area contributed by atoms with E-state index in [0.717, 1.165) is 24.2 Å². The molecule has 1 heterocycles. The quantitative estimate of drug-likeness (QED) is 0.607. The Labute approximate surface area is 99.8 Å². The van der Waals surface area contributed by atoms with Crippen LogP contribution in [0.5, 0.6) is 0 Å². The van der Waals surface area contributed by atoms with Gasteiger partial charge in [-0.15, -0.1) is 0 Å². The lowest BCUT2D eigenvalue weighted by atomic mass is 10.1. The van der Waals surface area contributed by atoms with Crippen LogP contribution in [-0.2, 0) is 6.54 Å². The van der Waals surface area contributed by atoms with E-state index in [1.165, 1.54) is 5.69 Å². The molecular formula is C12H18BrNO. The molecule has 1 unspecified atom stereocenters. The maximum atomic E-state index is 11.9. The number of alkyl halides is 1. The second-order valence-corrected chi connectivity index (χ2v) is 5.29. The summed E-state index contributed by atoms with van der Waals surface area (Å²) >= 11 is 3.32. The third-order valence-corrected chi connectivity index (χ3v) is 3.06. The van der Waals surface area contributed by atoms with Gasteiger partial charge in [-0.2, -0.15) is 0 Å². The van der Waals surface area contributed by atoms with Crippen LogP contribution in [0.4, 0.5) is 0 Å². The van der Waals surface area contributed by atoms with Gasteiger partial charge in [0.25, 0.3) is 0 Å². The van der Waals surface area contributed by atoms with E-state index in [1.54, 1.807) is 0 Å². The maximum absolute atomic E-state index is 11.9. The first kappa shape index (κ1) is 12.5. The second-order valence-electron chi connectivity index (χ2n) is 3.92. The Balaban J connectivity index is 3.11. The Bertz CT molecular complexity index is 366. The number of aryl methyl sites for hydroxylation is 1. The highest BCUT2D eigenvalue weighted by atomic mass is 79.9. The minimum Gasteiger partial charge on any atom is -0.348 e. The Morgan fingerprint density at radius 2 is 2.13 bits per heavy atom. The number of hydrogen-bond donors (Lipinski definition) is 0. The van der Waals surface area contributed by atoms with Crippen molar-refractivity contribution in [1.29, 1.82) is 0 Å². The molecule has 1 atom stereocenters. The van der Waals surface area contributed by atoms with Crippen molar-refractivity contribution in [2.24, 2.45) is 0 Å². The summed E-state index contributed by atoms with van der Waals surface area (Å²) < 4.78 is 2.21. The summed E-state index contributed by atoms with van der Waals surface area (Å²) in [5.41, 5.74) is 3.11. The van der Waals surface area contributed by atoms with Crippen LogP contribution in [0.2, 0.25) is 0 Å². The zero-order chi connectivity index (χ0) is 11.6. The number of halogens is 1. The van der Waals surface area contributed by atoms with Gasteiger partial charge in [-0.25, -0.2) is 0 Å². The molecule has 1 aromatic heterocycles. The first-order valence-corrected chi connectivity index (χ1v) is 6.25. The molecule has 3 heteroatoms. The third kappa shape index (κ3) is 2.51. The fraction of sp³-hybridized carbons (Fsp3) is 0.583. The van der Waals surface area contributed by atoms with Gasteiger partial charge >= 0.3 is 0 Å². The van der Waals surface area contributed by atoms with Crippen LogP contribution >= 0.6 is 15.9 Å². The third-order valence-electron chi connectivity index (χ3n) is 2.65. The van der Waals surface area contributed by atoms with Crippen molar-refractivity contribution >= 4 is 21.7 Å². The van der Waals surface area contributed by atoms with E-state index in [4.69, 9.17) is 0 Å². The predicted octanol–water partition coefficient (Wildman–Crippen LogP) is 3.48. The van der Waals surface area contributed by atoms with Crippen molar-refractivity contribution in [3.05, 3.63) is 23.0 Å². The average molecular weight is 272 g/mol. The summed E-state index contributed by atoms with van der Waals surface area (Å²) in [5.74, 6) is 0.172. The molecule has 0 fully saturated rings. The first-order chi connectivity index (χ1) is 6.99. The molecule has 0 aromatic carbocycles. The van der Waals surface area contributed by atoms with Crippen LogP contribution in [0.1, 0.15) is 42.0 Å². The molecule has 0 amide bonds. The van der Waals surface area contributed by atoms with E-state index in [2.05, 4.69) is 34.3 Å². The second kappa shape index (κ2) is 4.97. The average Bonchev–Trinajstić information content (AvgIpc) is 2.45. The Morgan fingerprint density at radius 3 is 2.60 bits per heavy atom. The van der Waals surface area contributed by atoms with E-state index >= 15 is 0 Å². The SMILES string of the molecule is CCCn1c(C)cc(C(=O)C(C)Br)c1C. The molecule has 0 spiro atoms. The van der Waals surface area contributed by atoms with Crippen LogP contribution in [0.25, 0.3) is 0 Å². The Morgan fingerprint density at radius 1 is 1.53 bits per heavy atom. The maximum Gasteiger partial charge on any atom is 0.177 e. The van der Waals surface area contributed by atoms with E-state index in [1.807, 2.05) is 19.9 Å². The smallest absolute Gasteiger partial charge is 0.177 e.